The van der Waals surface area contributed by atoms with Gasteiger partial charge in [0, 0.05) is 5.69 Å². The summed E-state index contributed by atoms with van der Waals surface area (Å²) < 4.78 is 7.08. The number of aryl methyl sites for hydroxylation is 1. The second kappa shape index (κ2) is 6.99. The van der Waals surface area contributed by atoms with Crippen molar-refractivity contribution >= 4 is 5.91 Å². The van der Waals surface area contributed by atoms with E-state index in [-0.39, 0.29) is 12.5 Å². The molecule has 4 nitrogen and oxygen atoms in total. The molecular formula is C19H26N2O2. The van der Waals surface area contributed by atoms with Crippen molar-refractivity contribution in [3.05, 3.63) is 46.8 Å². The van der Waals surface area contributed by atoms with Gasteiger partial charge >= 0.3 is 0 Å². The van der Waals surface area contributed by atoms with Crippen LogP contribution in [0.2, 0.25) is 0 Å². The zero-order chi connectivity index (χ0) is 17.1. The summed E-state index contributed by atoms with van der Waals surface area (Å²) in [5.74, 6) is 1.38. The van der Waals surface area contributed by atoms with Crippen LogP contribution in [0.4, 0.5) is 0 Å². The Morgan fingerprint density at radius 3 is 2.17 bits per heavy atom. The number of ether oxygens (including phenoxy) is 1. The molecule has 0 saturated carbocycles. The molecule has 0 amide bonds. The number of hydrogen-bond acceptors (Lipinski definition) is 3. The Morgan fingerprint density at radius 2 is 1.70 bits per heavy atom. The monoisotopic (exact) mass is 314 g/mol. The Kier molecular flexibility index (Phi) is 5.24. The molecule has 124 valence electrons. The van der Waals surface area contributed by atoms with E-state index >= 15 is 0 Å². The van der Waals surface area contributed by atoms with Crippen molar-refractivity contribution in [3.8, 4) is 5.75 Å². The lowest BCUT2D eigenvalue weighted by Gasteiger charge is -2.09. The normalized spacial score (nSPS) is 11.3. The molecule has 1 heterocycles. The van der Waals surface area contributed by atoms with Crippen LogP contribution in [0.3, 0.4) is 0 Å². The average Bonchev–Trinajstić information content (AvgIpc) is 2.80. The van der Waals surface area contributed by atoms with Gasteiger partial charge in [-0.15, -0.1) is 0 Å². The lowest BCUT2D eigenvalue weighted by atomic mass is 10.0. The van der Waals surface area contributed by atoms with Crippen molar-refractivity contribution in [2.75, 3.05) is 6.61 Å². The number of carbonyl (C=O) groups excluding carboxylic acids is 1. The second-order valence-electron chi connectivity index (χ2n) is 6.56. The first-order valence-electron chi connectivity index (χ1n) is 8.13. The van der Waals surface area contributed by atoms with Crippen molar-refractivity contribution in [1.29, 1.82) is 0 Å². The van der Waals surface area contributed by atoms with Crippen molar-refractivity contribution in [1.82, 2.24) is 9.78 Å². The first kappa shape index (κ1) is 17.3. The summed E-state index contributed by atoms with van der Waals surface area (Å²) in [4.78, 5) is 12.4. The molecule has 0 aliphatic heterocycles. The van der Waals surface area contributed by atoms with Crippen LogP contribution in [0.1, 0.15) is 66.8 Å². The molecule has 0 fully saturated rings. The summed E-state index contributed by atoms with van der Waals surface area (Å²) in [5, 5.41) is 4.37. The smallest absolute Gasteiger partial charge is 0.284 e. The van der Waals surface area contributed by atoms with Gasteiger partial charge in [0.1, 0.15) is 5.75 Å². The lowest BCUT2D eigenvalue weighted by Crippen LogP contribution is -2.21. The van der Waals surface area contributed by atoms with Gasteiger partial charge in [-0.05, 0) is 48.9 Å². The summed E-state index contributed by atoms with van der Waals surface area (Å²) in [6.07, 6.45) is 0. The molecule has 0 aliphatic rings. The molecule has 0 spiro atoms. The van der Waals surface area contributed by atoms with Crippen LogP contribution >= 0.6 is 0 Å². The van der Waals surface area contributed by atoms with Crippen LogP contribution in [0.5, 0.6) is 5.75 Å². The third-order valence-corrected chi connectivity index (χ3v) is 4.07. The maximum absolute atomic E-state index is 12.4. The molecule has 23 heavy (non-hydrogen) atoms. The Morgan fingerprint density at radius 1 is 1.09 bits per heavy atom. The highest BCUT2D eigenvalue weighted by Crippen LogP contribution is 2.23. The quantitative estimate of drug-likeness (QED) is 0.818. The number of carbonyl (C=O) groups is 1. The molecular weight excluding hydrogens is 288 g/mol. The highest BCUT2D eigenvalue weighted by molar-refractivity contribution is 5.80. The third-order valence-electron chi connectivity index (χ3n) is 4.07. The van der Waals surface area contributed by atoms with Gasteiger partial charge in [-0.2, -0.15) is 5.10 Å². The molecule has 0 unspecified atom stereocenters. The third kappa shape index (κ3) is 3.81. The fourth-order valence-corrected chi connectivity index (χ4v) is 2.89. The number of hydrogen-bond donors (Lipinski definition) is 0. The average molecular weight is 314 g/mol. The van der Waals surface area contributed by atoms with Gasteiger partial charge in [-0.3, -0.25) is 4.79 Å². The van der Waals surface area contributed by atoms with E-state index in [0.29, 0.717) is 17.6 Å². The van der Waals surface area contributed by atoms with Crippen LogP contribution in [-0.2, 0) is 0 Å². The summed E-state index contributed by atoms with van der Waals surface area (Å²) in [7, 11) is 0. The van der Waals surface area contributed by atoms with Crippen LogP contribution in [0.15, 0.2) is 24.3 Å². The highest BCUT2D eigenvalue weighted by Gasteiger charge is 2.18. The van der Waals surface area contributed by atoms with Gasteiger partial charge in [0.25, 0.3) is 5.91 Å². The number of nitrogens with zero attached hydrogens (tertiary/aromatic N) is 2. The number of benzene rings is 1. The molecule has 2 aromatic rings. The van der Waals surface area contributed by atoms with E-state index < -0.39 is 0 Å². The molecule has 4 heteroatoms. The van der Waals surface area contributed by atoms with Crippen molar-refractivity contribution in [2.24, 2.45) is 0 Å². The molecule has 1 aromatic carbocycles. The van der Waals surface area contributed by atoms with E-state index in [9.17, 15) is 4.79 Å². The fourth-order valence-electron chi connectivity index (χ4n) is 2.89. The summed E-state index contributed by atoms with van der Waals surface area (Å²) in [5.41, 5.74) is 4.21. The largest absolute Gasteiger partial charge is 0.484 e. The van der Waals surface area contributed by atoms with Crippen molar-refractivity contribution < 1.29 is 9.53 Å². The minimum atomic E-state index is -0.148. The first-order valence-corrected chi connectivity index (χ1v) is 8.13. The Bertz CT molecular complexity index is 682. The molecule has 0 radical (unpaired) electrons. The first-order chi connectivity index (χ1) is 10.8. The predicted octanol–water partition coefficient (Wildman–Crippen LogP) is 4.47. The van der Waals surface area contributed by atoms with Gasteiger partial charge < -0.3 is 4.74 Å². The predicted molar refractivity (Wildman–Crippen MR) is 92.4 cm³/mol. The standard InChI is InChI=1S/C19H26N2O2/c1-12(2)16-7-9-17(10-8-16)23-11-18(22)21-15(6)19(13(3)4)14(5)20-21/h7-10,12-13H,11H2,1-6H3. The molecule has 0 N–H and O–H groups in total. The second-order valence-corrected chi connectivity index (χ2v) is 6.56. The highest BCUT2D eigenvalue weighted by atomic mass is 16.5. The van der Waals surface area contributed by atoms with E-state index in [2.05, 4.69) is 32.8 Å². The van der Waals surface area contributed by atoms with E-state index in [4.69, 9.17) is 4.74 Å². The van der Waals surface area contributed by atoms with Gasteiger partial charge in [-0.1, -0.05) is 39.8 Å². The van der Waals surface area contributed by atoms with Crippen molar-refractivity contribution in [2.45, 2.75) is 53.4 Å². The zero-order valence-corrected chi connectivity index (χ0v) is 14.9. The van der Waals surface area contributed by atoms with Gasteiger partial charge in [0.2, 0.25) is 0 Å². The molecule has 0 atom stereocenters. The summed E-state index contributed by atoms with van der Waals surface area (Å²) in [6, 6.07) is 7.88. The number of aromatic nitrogens is 2. The maximum atomic E-state index is 12.4. The SMILES string of the molecule is Cc1nn(C(=O)COc2ccc(C(C)C)cc2)c(C)c1C(C)C. The van der Waals surface area contributed by atoms with E-state index in [0.717, 1.165) is 17.0 Å². The van der Waals surface area contributed by atoms with Gasteiger partial charge in [0.15, 0.2) is 6.61 Å². The maximum Gasteiger partial charge on any atom is 0.284 e. The van der Waals surface area contributed by atoms with Crippen molar-refractivity contribution in [3.63, 3.8) is 0 Å². The molecule has 0 bridgehead atoms. The topological polar surface area (TPSA) is 44.1 Å². The summed E-state index contributed by atoms with van der Waals surface area (Å²) >= 11 is 0. The Balaban J connectivity index is 2.07. The molecule has 2 rings (SSSR count). The van der Waals surface area contributed by atoms with Crippen LogP contribution in [0, 0.1) is 13.8 Å². The zero-order valence-electron chi connectivity index (χ0n) is 14.9. The van der Waals surface area contributed by atoms with Crippen LogP contribution in [-0.4, -0.2) is 22.3 Å². The van der Waals surface area contributed by atoms with E-state index in [1.807, 2.05) is 38.1 Å². The molecule has 1 aromatic heterocycles. The van der Waals surface area contributed by atoms with Gasteiger partial charge in [0.05, 0.1) is 5.69 Å². The fraction of sp³-hybridized carbons (Fsp3) is 0.474. The minimum Gasteiger partial charge on any atom is -0.484 e. The van der Waals surface area contributed by atoms with E-state index in [1.54, 1.807) is 0 Å². The minimum absolute atomic E-state index is 0.0134. The van der Waals surface area contributed by atoms with Gasteiger partial charge in [-0.25, -0.2) is 4.68 Å². The molecule has 0 saturated heterocycles. The lowest BCUT2D eigenvalue weighted by molar-refractivity contribution is 0.0818. The van der Waals surface area contributed by atoms with Crippen LogP contribution < -0.4 is 4.74 Å². The summed E-state index contributed by atoms with van der Waals surface area (Å²) in [6.45, 7) is 12.4. The van der Waals surface area contributed by atoms with Crippen LogP contribution in [0.25, 0.3) is 0 Å². The van der Waals surface area contributed by atoms with E-state index in [1.165, 1.54) is 10.2 Å². The molecule has 0 aliphatic carbocycles. The Labute approximate surface area is 138 Å². The number of rotatable bonds is 5. The Hall–Kier alpha value is -2.10.